The molecule has 0 aromatic carbocycles. The summed E-state index contributed by atoms with van der Waals surface area (Å²) in [7, 11) is 1.49. The van der Waals surface area contributed by atoms with Crippen molar-refractivity contribution in [2.24, 2.45) is 0 Å². The van der Waals surface area contributed by atoms with Crippen LogP contribution in [0.25, 0.3) is 11.3 Å². The van der Waals surface area contributed by atoms with Gasteiger partial charge in [-0.25, -0.2) is 9.97 Å². The monoisotopic (exact) mass is 227 g/mol. The van der Waals surface area contributed by atoms with E-state index in [1.807, 2.05) is 6.07 Å². The number of nitrogens with zero attached hydrogens (tertiary/aromatic N) is 4. The molecule has 0 aliphatic rings. The van der Waals surface area contributed by atoms with Crippen LogP contribution < -0.4 is 10.5 Å². The van der Waals surface area contributed by atoms with Crippen LogP contribution in [0.5, 0.6) is 5.75 Å². The van der Waals surface area contributed by atoms with Crippen LogP contribution in [-0.4, -0.2) is 22.1 Å². The molecule has 0 bridgehead atoms. The van der Waals surface area contributed by atoms with Gasteiger partial charge in [0.15, 0.2) is 11.6 Å². The molecule has 6 nitrogen and oxygen atoms in total. The van der Waals surface area contributed by atoms with E-state index in [-0.39, 0.29) is 5.82 Å². The van der Waals surface area contributed by atoms with Crippen molar-refractivity contribution in [1.29, 1.82) is 5.26 Å². The van der Waals surface area contributed by atoms with E-state index in [2.05, 4.69) is 15.0 Å². The number of pyridine rings is 1. The van der Waals surface area contributed by atoms with Crippen molar-refractivity contribution in [1.82, 2.24) is 15.0 Å². The molecule has 0 aliphatic heterocycles. The fourth-order valence-electron chi connectivity index (χ4n) is 1.42. The number of nitrogens with two attached hydrogens (primary N) is 1. The molecule has 6 heteroatoms. The smallest absolute Gasteiger partial charge is 0.187 e. The molecule has 2 rings (SSSR count). The van der Waals surface area contributed by atoms with Crippen molar-refractivity contribution >= 4 is 5.82 Å². The minimum atomic E-state index is 0.250. The van der Waals surface area contributed by atoms with E-state index in [1.54, 1.807) is 12.3 Å². The summed E-state index contributed by atoms with van der Waals surface area (Å²) in [5.74, 6) is 0.629. The molecule has 2 aromatic heterocycles. The van der Waals surface area contributed by atoms with Crippen LogP contribution >= 0.6 is 0 Å². The molecule has 0 saturated carbocycles. The van der Waals surface area contributed by atoms with Crippen LogP contribution in [0.15, 0.2) is 24.8 Å². The van der Waals surface area contributed by atoms with Crippen molar-refractivity contribution in [2.45, 2.75) is 0 Å². The van der Waals surface area contributed by atoms with E-state index in [4.69, 9.17) is 15.7 Å². The van der Waals surface area contributed by atoms with Crippen molar-refractivity contribution in [2.75, 3.05) is 12.8 Å². The van der Waals surface area contributed by atoms with Gasteiger partial charge in [0.25, 0.3) is 0 Å². The van der Waals surface area contributed by atoms with E-state index >= 15 is 0 Å². The maximum atomic E-state index is 8.81. The molecule has 0 spiro atoms. The molecule has 0 atom stereocenters. The molecule has 0 aliphatic carbocycles. The molecule has 0 amide bonds. The standard InChI is InChI=1S/C11H9N5O/c1-17-10-9(15-6-16-11(10)13)8-2-7(3-12)4-14-5-8/h2,4-6H,1H3,(H2,13,15,16). The van der Waals surface area contributed by atoms with Gasteiger partial charge in [0, 0.05) is 18.0 Å². The Morgan fingerprint density at radius 1 is 1.35 bits per heavy atom. The van der Waals surface area contributed by atoms with Crippen molar-refractivity contribution < 1.29 is 4.74 Å². The van der Waals surface area contributed by atoms with Crippen LogP contribution in [0.3, 0.4) is 0 Å². The first-order valence-electron chi connectivity index (χ1n) is 4.76. The SMILES string of the molecule is COc1c(N)ncnc1-c1cncc(C#N)c1. The van der Waals surface area contributed by atoms with Crippen molar-refractivity contribution in [3.05, 3.63) is 30.4 Å². The Kier molecular flexibility index (Phi) is 2.83. The number of nitrogen functional groups attached to an aromatic ring is 1. The van der Waals surface area contributed by atoms with E-state index in [0.29, 0.717) is 22.6 Å². The third-order valence-electron chi connectivity index (χ3n) is 2.18. The lowest BCUT2D eigenvalue weighted by Crippen LogP contribution is -2.00. The highest BCUT2D eigenvalue weighted by molar-refractivity contribution is 5.71. The number of rotatable bonds is 2. The average Bonchev–Trinajstić information content (AvgIpc) is 2.38. The fourth-order valence-corrected chi connectivity index (χ4v) is 1.42. The van der Waals surface area contributed by atoms with Gasteiger partial charge in [-0.05, 0) is 6.07 Å². The topological polar surface area (TPSA) is 97.7 Å². The van der Waals surface area contributed by atoms with Gasteiger partial charge in [-0.3, -0.25) is 4.98 Å². The second-order valence-corrected chi connectivity index (χ2v) is 3.21. The summed E-state index contributed by atoms with van der Waals surface area (Å²) in [6.45, 7) is 0. The van der Waals surface area contributed by atoms with Gasteiger partial charge >= 0.3 is 0 Å². The number of nitriles is 1. The second-order valence-electron chi connectivity index (χ2n) is 3.21. The molecule has 17 heavy (non-hydrogen) atoms. The fraction of sp³-hybridized carbons (Fsp3) is 0.0909. The van der Waals surface area contributed by atoms with E-state index < -0.39 is 0 Å². The number of aromatic nitrogens is 3. The summed E-state index contributed by atoms with van der Waals surface area (Å²) >= 11 is 0. The first-order chi connectivity index (χ1) is 8.26. The summed E-state index contributed by atoms with van der Waals surface area (Å²) in [6, 6.07) is 3.68. The lowest BCUT2D eigenvalue weighted by atomic mass is 10.1. The molecule has 2 N–H and O–H groups in total. The Bertz CT molecular complexity index is 591. The number of ether oxygens (including phenoxy) is 1. The van der Waals surface area contributed by atoms with Gasteiger partial charge in [0.2, 0.25) is 0 Å². The summed E-state index contributed by atoms with van der Waals surface area (Å²) < 4.78 is 5.14. The first-order valence-corrected chi connectivity index (χ1v) is 4.76. The van der Waals surface area contributed by atoms with Crippen LogP contribution in [0.1, 0.15) is 5.56 Å². The average molecular weight is 227 g/mol. The zero-order chi connectivity index (χ0) is 12.3. The Balaban J connectivity index is 2.60. The van der Waals surface area contributed by atoms with Gasteiger partial charge in [-0.15, -0.1) is 0 Å². The van der Waals surface area contributed by atoms with Crippen LogP contribution in [-0.2, 0) is 0 Å². The summed E-state index contributed by atoms with van der Waals surface area (Å²) in [4.78, 5) is 11.9. The minimum Gasteiger partial charge on any atom is -0.491 e. The lowest BCUT2D eigenvalue weighted by Gasteiger charge is -2.08. The maximum Gasteiger partial charge on any atom is 0.187 e. The maximum absolute atomic E-state index is 8.81. The molecule has 2 heterocycles. The zero-order valence-electron chi connectivity index (χ0n) is 9.08. The lowest BCUT2D eigenvalue weighted by molar-refractivity contribution is 0.415. The molecular formula is C11H9N5O. The Morgan fingerprint density at radius 2 is 2.18 bits per heavy atom. The summed E-state index contributed by atoms with van der Waals surface area (Å²) in [5.41, 5.74) is 7.30. The van der Waals surface area contributed by atoms with E-state index in [0.717, 1.165) is 0 Å². The molecule has 84 valence electrons. The normalized spacial score (nSPS) is 9.65. The predicted octanol–water partition coefficient (Wildman–Crippen LogP) is 1.00. The van der Waals surface area contributed by atoms with Gasteiger partial charge in [-0.2, -0.15) is 5.26 Å². The molecule has 0 radical (unpaired) electrons. The highest BCUT2D eigenvalue weighted by Crippen LogP contribution is 2.30. The molecule has 0 fully saturated rings. The van der Waals surface area contributed by atoms with Crippen molar-refractivity contribution in [3.63, 3.8) is 0 Å². The summed E-state index contributed by atoms with van der Waals surface area (Å²) in [6.07, 6.45) is 4.40. The summed E-state index contributed by atoms with van der Waals surface area (Å²) in [5, 5.41) is 8.81. The van der Waals surface area contributed by atoms with E-state index in [9.17, 15) is 0 Å². The van der Waals surface area contributed by atoms with Gasteiger partial charge < -0.3 is 10.5 Å². The van der Waals surface area contributed by atoms with E-state index in [1.165, 1.54) is 19.6 Å². The number of anilines is 1. The van der Waals surface area contributed by atoms with Gasteiger partial charge in [0.1, 0.15) is 18.1 Å². The van der Waals surface area contributed by atoms with Crippen LogP contribution in [0, 0.1) is 11.3 Å². The molecule has 0 unspecified atom stereocenters. The zero-order valence-corrected chi connectivity index (χ0v) is 9.08. The Hall–Kier alpha value is -2.68. The second kappa shape index (κ2) is 4.45. The highest BCUT2D eigenvalue weighted by atomic mass is 16.5. The Labute approximate surface area is 97.7 Å². The van der Waals surface area contributed by atoms with Crippen LogP contribution in [0.2, 0.25) is 0 Å². The minimum absolute atomic E-state index is 0.250. The third kappa shape index (κ3) is 1.99. The number of hydrogen-bond donors (Lipinski definition) is 1. The van der Waals surface area contributed by atoms with Crippen LogP contribution in [0.4, 0.5) is 5.82 Å². The predicted molar refractivity (Wildman–Crippen MR) is 60.9 cm³/mol. The first kappa shape index (κ1) is 10.8. The van der Waals surface area contributed by atoms with Gasteiger partial charge in [-0.1, -0.05) is 0 Å². The molecule has 2 aromatic rings. The largest absolute Gasteiger partial charge is 0.491 e. The molecule has 0 saturated heterocycles. The van der Waals surface area contributed by atoms with Crippen molar-refractivity contribution in [3.8, 4) is 23.1 Å². The Morgan fingerprint density at radius 3 is 2.88 bits per heavy atom. The number of methoxy groups -OCH3 is 1. The quantitative estimate of drug-likeness (QED) is 0.821. The third-order valence-corrected chi connectivity index (χ3v) is 2.18. The highest BCUT2D eigenvalue weighted by Gasteiger charge is 2.12. The van der Waals surface area contributed by atoms with Gasteiger partial charge in [0.05, 0.1) is 12.7 Å². The molecular weight excluding hydrogens is 218 g/mol. The number of hydrogen-bond acceptors (Lipinski definition) is 6.